The van der Waals surface area contributed by atoms with E-state index in [1.807, 2.05) is 0 Å². The molecule has 0 aromatic heterocycles. The minimum Gasteiger partial charge on any atom is -0.479 e. The van der Waals surface area contributed by atoms with E-state index in [4.69, 9.17) is 9.84 Å². The van der Waals surface area contributed by atoms with Crippen molar-refractivity contribution in [2.45, 2.75) is 19.4 Å². The molecule has 0 spiro atoms. The number of halogens is 4. The molecule has 8 heteroatoms. The molecule has 100 valence electrons. The van der Waals surface area contributed by atoms with E-state index in [2.05, 4.69) is 20.7 Å². The number of ether oxygens (including phenoxy) is 2. The van der Waals surface area contributed by atoms with Crippen LogP contribution in [0, 0.1) is 0 Å². The van der Waals surface area contributed by atoms with Crippen molar-refractivity contribution >= 4 is 21.9 Å². The molecule has 0 saturated heterocycles. The Labute approximate surface area is 108 Å². The topological polar surface area (TPSA) is 55.8 Å². The molecular formula is C10H8BrF3O4. The first-order valence-corrected chi connectivity index (χ1v) is 5.43. The van der Waals surface area contributed by atoms with Crippen molar-refractivity contribution in [3.05, 3.63) is 22.7 Å². The van der Waals surface area contributed by atoms with Crippen LogP contribution in [0.2, 0.25) is 0 Å². The van der Waals surface area contributed by atoms with Gasteiger partial charge in [0.2, 0.25) is 0 Å². The lowest BCUT2D eigenvalue weighted by Crippen LogP contribution is -2.23. The van der Waals surface area contributed by atoms with Gasteiger partial charge in [-0.3, -0.25) is 0 Å². The van der Waals surface area contributed by atoms with Gasteiger partial charge in [-0.1, -0.05) is 0 Å². The lowest BCUT2D eigenvalue weighted by Gasteiger charge is -2.13. The second kappa shape index (κ2) is 5.47. The Morgan fingerprint density at radius 1 is 1.44 bits per heavy atom. The van der Waals surface area contributed by atoms with Gasteiger partial charge in [0.1, 0.15) is 11.5 Å². The number of alkyl halides is 3. The Morgan fingerprint density at radius 3 is 2.50 bits per heavy atom. The molecule has 0 saturated carbocycles. The molecule has 0 bridgehead atoms. The van der Waals surface area contributed by atoms with Crippen molar-refractivity contribution in [1.29, 1.82) is 0 Å². The summed E-state index contributed by atoms with van der Waals surface area (Å²) in [6, 6.07) is 3.41. The van der Waals surface area contributed by atoms with Crippen LogP contribution in [0.5, 0.6) is 11.5 Å². The Hall–Kier alpha value is -1.44. The number of hydrogen-bond donors (Lipinski definition) is 1. The van der Waals surface area contributed by atoms with Crippen LogP contribution in [0.15, 0.2) is 22.7 Å². The van der Waals surface area contributed by atoms with Gasteiger partial charge in [-0.25, -0.2) is 4.79 Å². The molecule has 1 atom stereocenters. The fourth-order valence-electron chi connectivity index (χ4n) is 1.02. The quantitative estimate of drug-likeness (QED) is 0.922. The highest BCUT2D eigenvalue weighted by atomic mass is 79.9. The summed E-state index contributed by atoms with van der Waals surface area (Å²) in [6.07, 6.45) is -5.90. The van der Waals surface area contributed by atoms with E-state index in [9.17, 15) is 18.0 Å². The fourth-order valence-corrected chi connectivity index (χ4v) is 1.46. The number of carboxylic acid groups (broad SMARTS) is 1. The van der Waals surface area contributed by atoms with Crippen LogP contribution in [0.25, 0.3) is 0 Å². The molecule has 0 aliphatic heterocycles. The zero-order valence-corrected chi connectivity index (χ0v) is 10.6. The lowest BCUT2D eigenvalue weighted by atomic mass is 10.3. The Balaban J connectivity index is 2.83. The molecule has 4 nitrogen and oxygen atoms in total. The highest BCUT2D eigenvalue weighted by Gasteiger charge is 2.32. The standard InChI is InChI=1S/C10H8BrF3O4/c1-5(9(15)16)17-6-2-3-8(7(11)4-6)18-10(12,13)14/h2-5H,1H3,(H,15,16)/t5-/m0/s1. The zero-order chi connectivity index (χ0) is 13.9. The predicted octanol–water partition coefficient (Wildman–Crippen LogP) is 3.20. The molecular weight excluding hydrogens is 321 g/mol. The summed E-state index contributed by atoms with van der Waals surface area (Å²) in [7, 11) is 0. The van der Waals surface area contributed by atoms with Crippen LogP contribution in [-0.2, 0) is 4.79 Å². The zero-order valence-electron chi connectivity index (χ0n) is 8.99. The van der Waals surface area contributed by atoms with Gasteiger partial charge in [0.05, 0.1) is 4.47 Å². The maximum absolute atomic E-state index is 12.0. The van der Waals surface area contributed by atoms with Crippen LogP contribution in [-0.4, -0.2) is 23.5 Å². The summed E-state index contributed by atoms with van der Waals surface area (Å²) in [5.41, 5.74) is 0. The minimum atomic E-state index is -4.79. The van der Waals surface area contributed by atoms with Crippen molar-refractivity contribution in [2.24, 2.45) is 0 Å². The Morgan fingerprint density at radius 2 is 2.06 bits per heavy atom. The van der Waals surface area contributed by atoms with Gasteiger partial charge in [-0.05, 0) is 41.1 Å². The average Bonchev–Trinajstić information content (AvgIpc) is 2.20. The number of carbonyl (C=O) groups is 1. The molecule has 0 fully saturated rings. The maximum Gasteiger partial charge on any atom is 0.573 e. The molecule has 1 N–H and O–H groups in total. The van der Waals surface area contributed by atoms with Crippen molar-refractivity contribution in [3.8, 4) is 11.5 Å². The van der Waals surface area contributed by atoms with E-state index in [-0.39, 0.29) is 10.2 Å². The molecule has 0 amide bonds. The first-order chi connectivity index (χ1) is 8.19. The van der Waals surface area contributed by atoms with E-state index in [0.717, 1.165) is 6.07 Å². The van der Waals surface area contributed by atoms with Gasteiger partial charge >= 0.3 is 12.3 Å². The van der Waals surface area contributed by atoms with E-state index >= 15 is 0 Å². The number of benzene rings is 1. The van der Waals surface area contributed by atoms with Gasteiger partial charge in [0, 0.05) is 0 Å². The summed E-state index contributed by atoms with van der Waals surface area (Å²) >= 11 is 2.87. The predicted molar refractivity (Wildman–Crippen MR) is 58.6 cm³/mol. The Bertz CT molecular complexity index is 447. The Kier molecular flexibility index (Phi) is 4.44. The first-order valence-electron chi connectivity index (χ1n) is 4.64. The van der Waals surface area contributed by atoms with Crippen LogP contribution >= 0.6 is 15.9 Å². The van der Waals surface area contributed by atoms with Crippen molar-refractivity contribution in [2.75, 3.05) is 0 Å². The van der Waals surface area contributed by atoms with E-state index in [1.165, 1.54) is 19.1 Å². The molecule has 0 aliphatic rings. The van der Waals surface area contributed by atoms with E-state index < -0.39 is 24.2 Å². The fraction of sp³-hybridized carbons (Fsp3) is 0.300. The molecule has 1 aromatic rings. The number of hydrogen-bond acceptors (Lipinski definition) is 3. The average molecular weight is 329 g/mol. The minimum absolute atomic E-state index is 0.00918. The smallest absolute Gasteiger partial charge is 0.479 e. The third-order valence-corrected chi connectivity index (χ3v) is 2.41. The largest absolute Gasteiger partial charge is 0.573 e. The normalized spacial score (nSPS) is 12.9. The van der Waals surface area contributed by atoms with Crippen LogP contribution in [0.3, 0.4) is 0 Å². The highest BCUT2D eigenvalue weighted by Crippen LogP contribution is 2.33. The summed E-state index contributed by atoms with van der Waals surface area (Å²) < 4.78 is 44.7. The first kappa shape index (κ1) is 14.6. The van der Waals surface area contributed by atoms with Gasteiger partial charge in [0.15, 0.2) is 6.10 Å². The second-order valence-electron chi connectivity index (χ2n) is 3.24. The molecule has 0 radical (unpaired) electrons. The maximum atomic E-state index is 12.0. The third kappa shape index (κ3) is 4.44. The van der Waals surface area contributed by atoms with Gasteiger partial charge < -0.3 is 14.6 Å². The summed E-state index contributed by atoms with van der Waals surface area (Å²) in [4.78, 5) is 10.5. The monoisotopic (exact) mass is 328 g/mol. The number of aliphatic carboxylic acids is 1. The molecule has 18 heavy (non-hydrogen) atoms. The third-order valence-electron chi connectivity index (χ3n) is 1.79. The van der Waals surface area contributed by atoms with Crippen LogP contribution < -0.4 is 9.47 Å². The highest BCUT2D eigenvalue weighted by molar-refractivity contribution is 9.10. The second-order valence-corrected chi connectivity index (χ2v) is 4.09. The van der Waals surface area contributed by atoms with E-state index in [1.54, 1.807) is 0 Å². The molecule has 1 aromatic carbocycles. The van der Waals surface area contributed by atoms with Gasteiger partial charge in [-0.2, -0.15) is 0 Å². The molecule has 1 rings (SSSR count). The summed E-state index contributed by atoms with van der Waals surface area (Å²) in [5.74, 6) is -1.49. The van der Waals surface area contributed by atoms with Crippen LogP contribution in [0.4, 0.5) is 13.2 Å². The SMILES string of the molecule is C[C@H](Oc1ccc(OC(F)(F)F)c(Br)c1)C(=O)O. The number of carboxylic acids is 1. The van der Waals surface area contributed by atoms with E-state index in [0.29, 0.717) is 0 Å². The lowest BCUT2D eigenvalue weighted by molar-refractivity contribution is -0.274. The van der Waals surface area contributed by atoms with Crippen molar-refractivity contribution < 1.29 is 32.5 Å². The van der Waals surface area contributed by atoms with Gasteiger partial charge in [0.25, 0.3) is 0 Å². The number of rotatable bonds is 4. The molecule has 0 unspecified atom stereocenters. The summed E-state index contributed by atoms with van der Waals surface area (Å²) in [5, 5.41) is 8.61. The van der Waals surface area contributed by atoms with Crippen molar-refractivity contribution in [3.63, 3.8) is 0 Å². The van der Waals surface area contributed by atoms with Gasteiger partial charge in [-0.15, -0.1) is 13.2 Å². The van der Waals surface area contributed by atoms with Crippen molar-refractivity contribution in [1.82, 2.24) is 0 Å². The summed E-state index contributed by atoms with van der Waals surface area (Å²) in [6.45, 7) is 1.30. The molecule has 0 aliphatic carbocycles. The van der Waals surface area contributed by atoms with Crippen LogP contribution in [0.1, 0.15) is 6.92 Å². The molecule has 0 heterocycles.